The summed E-state index contributed by atoms with van der Waals surface area (Å²) in [4.78, 5) is 19.5. The number of rotatable bonds is 4. The molecule has 4 nitrogen and oxygen atoms in total. The van der Waals surface area contributed by atoms with Crippen molar-refractivity contribution in [3.63, 3.8) is 0 Å². The van der Waals surface area contributed by atoms with Crippen molar-refractivity contribution in [1.82, 2.24) is 19.9 Å². The van der Waals surface area contributed by atoms with Crippen LogP contribution in [0.15, 0.2) is 158 Å². The summed E-state index contributed by atoms with van der Waals surface area (Å²) in [5.41, 5.74) is 10.2. The number of pyridine rings is 1. The van der Waals surface area contributed by atoms with Gasteiger partial charge in [0, 0.05) is 33.9 Å². The molecule has 10 rings (SSSR count). The van der Waals surface area contributed by atoms with Gasteiger partial charge in [-0.05, 0) is 72.8 Å². The molecule has 4 heteroatoms. The van der Waals surface area contributed by atoms with Gasteiger partial charge in [0.05, 0.1) is 5.69 Å². The summed E-state index contributed by atoms with van der Waals surface area (Å²) in [6, 6.07) is 53.6. The van der Waals surface area contributed by atoms with E-state index in [1.165, 1.54) is 54.6 Å². The van der Waals surface area contributed by atoms with Gasteiger partial charge in [-0.1, -0.05) is 147 Å². The summed E-state index contributed by atoms with van der Waals surface area (Å²) in [5, 5.41) is 7.59. The van der Waals surface area contributed by atoms with Crippen molar-refractivity contribution in [3.8, 4) is 56.5 Å². The van der Waals surface area contributed by atoms with Crippen molar-refractivity contribution in [3.05, 3.63) is 169 Å². The number of benzene rings is 7. The minimum Gasteiger partial charge on any atom is -0.255 e. The van der Waals surface area contributed by atoms with E-state index in [9.17, 15) is 0 Å². The van der Waals surface area contributed by atoms with Gasteiger partial charge in [-0.3, -0.25) is 4.98 Å². The third-order valence-corrected chi connectivity index (χ3v) is 10.6. The molecule has 240 valence electrons. The van der Waals surface area contributed by atoms with Crippen molar-refractivity contribution in [1.29, 1.82) is 0 Å². The minimum absolute atomic E-state index is 0.0246. The van der Waals surface area contributed by atoms with Crippen molar-refractivity contribution in [2.75, 3.05) is 0 Å². The Balaban J connectivity index is 1.06. The molecule has 0 bridgehead atoms. The Morgan fingerprint density at radius 2 is 1.02 bits per heavy atom. The van der Waals surface area contributed by atoms with Gasteiger partial charge in [-0.15, -0.1) is 0 Å². The first-order valence-electron chi connectivity index (χ1n) is 17.4. The first-order valence-corrected chi connectivity index (χ1v) is 17.4. The van der Waals surface area contributed by atoms with Crippen LogP contribution < -0.4 is 0 Å². The SMILES string of the molecule is CC1(C)c2ccccc2-c2c1ccc1c2ccc2ccc3cc(-c4ccc(-c5nc(-c6ccccc6)nc(-c6ccccc6)n5)cn4)ccc3c21. The fourth-order valence-corrected chi connectivity index (χ4v) is 7.97. The van der Waals surface area contributed by atoms with E-state index in [1.807, 2.05) is 66.9 Å². The van der Waals surface area contributed by atoms with Gasteiger partial charge < -0.3 is 0 Å². The van der Waals surface area contributed by atoms with Crippen LogP contribution in [0, 0.1) is 0 Å². The monoisotopic (exact) mass is 652 g/mol. The van der Waals surface area contributed by atoms with Crippen molar-refractivity contribution < 1.29 is 0 Å². The lowest BCUT2D eigenvalue weighted by atomic mass is 9.82. The molecule has 0 N–H and O–H groups in total. The molecule has 0 spiro atoms. The first-order chi connectivity index (χ1) is 25.0. The van der Waals surface area contributed by atoms with Gasteiger partial charge in [0.15, 0.2) is 17.5 Å². The first kappa shape index (κ1) is 29.4. The molecule has 2 aromatic heterocycles. The van der Waals surface area contributed by atoms with Crippen LogP contribution in [0.3, 0.4) is 0 Å². The lowest BCUT2D eigenvalue weighted by Crippen LogP contribution is -2.14. The average Bonchev–Trinajstić information content (AvgIpc) is 3.44. The van der Waals surface area contributed by atoms with Crippen LogP contribution in [-0.4, -0.2) is 19.9 Å². The van der Waals surface area contributed by atoms with E-state index >= 15 is 0 Å². The summed E-state index contributed by atoms with van der Waals surface area (Å²) in [6.07, 6.45) is 1.87. The molecule has 0 fully saturated rings. The predicted octanol–water partition coefficient (Wildman–Crippen LogP) is 11.7. The van der Waals surface area contributed by atoms with Gasteiger partial charge in [0.1, 0.15) is 0 Å². The minimum atomic E-state index is -0.0246. The van der Waals surface area contributed by atoms with E-state index in [0.29, 0.717) is 17.5 Å². The molecule has 7 aromatic carbocycles. The van der Waals surface area contributed by atoms with Gasteiger partial charge in [0.25, 0.3) is 0 Å². The van der Waals surface area contributed by atoms with E-state index < -0.39 is 0 Å². The largest absolute Gasteiger partial charge is 0.255 e. The van der Waals surface area contributed by atoms with Gasteiger partial charge in [0.2, 0.25) is 0 Å². The molecular formula is C47H32N4. The summed E-state index contributed by atoms with van der Waals surface area (Å²) in [6.45, 7) is 4.69. The molecule has 51 heavy (non-hydrogen) atoms. The quantitative estimate of drug-likeness (QED) is 0.178. The Bertz CT molecular complexity index is 2750. The second kappa shape index (κ2) is 11.3. The normalized spacial score (nSPS) is 13.1. The Kier molecular flexibility index (Phi) is 6.49. The molecule has 0 saturated heterocycles. The zero-order valence-electron chi connectivity index (χ0n) is 28.3. The van der Waals surface area contributed by atoms with Crippen LogP contribution in [0.5, 0.6) is 0 Å². The Morgan fingerprint density at radius 3 is 1.73 bits per heavy atom. The Hall–Kier alpha value is -6.52. The molecule has 0 radical (unpaired) electrons. The summed E-state index contributed by atoms with van der Waals surface area (Å²) < 4.78 is 0. The zero-order chi connectivity index (χ0) is 34.1. The fraction of sp³-hybridized carbons (Fsp3) is 0.0638. The standard InChI is InChI=1S/C47H32N4/c1-47(2)39-16-10-9-15-38(39)43-37-23-19-29-17-18-32-27-33(20-22-35(32)42(29)36(37)24-25-40(43)47)41-26-21-34(28-48-41)46-50-44(30-11-5-3-6-12-30)49-45(51-46)31-13-7-4-8-14-31/h3-28H,1-2H3. The molecule has 0 saturated carbocycles. The fourth-order valence-electron chi connectivity index (χ4n) is 7.97. The van der Waals surface area contributed by atoms with Crippen molar-refractivity contribution in [2.45, 2.75) is 19.3 Å². The molecule has 2 heterocycles. The second-order valence-electron chi connectivity index (χ2n) is 13.9. The lowest BCUT2D eigenvalue weighted by molar-refractivity contribution is 0.661. The number of hydrogen-bond donors (Lipinski definition) is 0. The molecule has 0 amide bonds. The van der Waals surface area contributed by atoms with Crippen molar-refractivity contribution >= 4 is 32.3 Å². The highest BCUT2D eigenvalue weighted by Crippen LogP contribution is 2.52. The van der Waals surface area contributed by atoms with Crippen LogP contribution in [0.1, 0.15) is 25.0 Å². The third-order valence-electron chi connectivity index (χ3n) is 10.6. The maximum Gasteiger partial charge on any atom is 0.165 e. The summed E-state index contributed by atoms with van der Waals surface area (Å²) in [7, 11) is 0. The Morgan fingerprint density at radius 1 is 0.431 bits per heavy atom. The molecule has 1 aliphatic carbocycles. The lowest BCUT2D eigenvalue weighted by Gasteiger charge is -2.21. The highest BCUT2D eigenvalue weighted by atomic mass is 15.0. The van der Waals surface area contributed by atoms with E-state index in [2.05, 4.69) is 105 Å². The smallest absolute Gasteiger partial charge is 0.165 e. The second-order valence-corrected chi connectivity index (χ2v) is 13.9. The predicted molar refractivity (Wildman–Crippen MR) is 209 cm³/mol. The molecule has 1 aliphatic rings. The summed E-state index contributed by atoms with van der Waals surface area (Å²) >= 11 is 0. The number of nitrogens with zero attached hydrogens (tertiary/aromatic N) is 4. The van der Waals surface area contributed by atoms with E-state index in [1.54, 1.807) is 0 Å². The molecule has 0 unspecified atom stereocenters. The third kappa shape index (κ3) is 4.68. The van der Waals surface area contributed by atoms with E-state index in [0.717, 1.165) is 27.9 Å². The molecule has 0 atom stereocenters. The number of aromatic nitrogens is 4. The van der Waals surface area contributed by atoms with Gasteiger partial charge in [-0.2, -0.15) is 0 Å². The van der Waals surface area contributed by atoms with Gasteiger partial charge in [-0.25, -0.2) is 15.0 Å². The van der Waals surface area contributed by atoms with Crippen molar-refractivity contribution in [2.24, 2.45) is 0 Å². The van der Waals surface area contributed by atoms with Crippen LogP contribution in [-0.2, 0) is 5.41 Å². The average molecular weight is 653 g/mol. The maximum atomic E-state index is 4.92. The van der Waals surface area contributed by atoms with Crippen LogP contribution >= 0.6 is 0 Å². The van der Waals surface area contributed by atoms with Crippen LogP contribution in [0.25, 0.3) is 88.9 Å². The number of hydrogen-bond acceptors (Lipinski definition) is 4. The molecular weight excluding hydrogens is 621 g/mol. The van der Waals surface area contributed by atoms with Crippen LogP contribution in [0.2, 0.25) is 0 Å². The zero-order valence-corrected chi connectivity index (χ0v) is 28.3. The highest BCUT2D eigenvalue weighted by molar-refractivity contribution is 6.23. The molecule has 9 aromatic rings. The highest BCUT2D eigenvalue weighted by Gasteiger charge is 2.36. The number of fused-ring (bicyclic) bond motifs is 9. The maximum absolute atomic E-state index is 4.92. The van der Waals surface area contributed by atoms with Gasteiger partial charge >= 0.3 is 0 Å². The van der Waals surface area contributed by atoms with E-state index in [4.69, 9.17) is 19.9 Å². The summed E-state index contributed by atoms with van der Waals surface area (Å²) in [5.74, 6) is 1.86. The Labute approximate surface area is 296 Å². The van der Waals surface area contributed by atoms with Crippen LogP contribution in [0.4, 0.5) is 0 Å². The van der Waals surface area contributed by atoms with E-state index in [-0.39, 0.29) is 5.41 Å². The topological polar surface area (TPSA) is 51.6 Å². The molecule has 0 aliphatic heterocycles.